The summed E-state index contributed by atoms with van der Waals surface area (Å²) in [4.78, 5) is 11.1. The number of aromatic carboxylic acids is 1. The fourth-order valence-electron chi connectivity index (χ4n) is 1.74. The first-order valence-electron chi connectivity index (χ1n) is 5.16. The van der Waals surface area contributed by atoms with Gasteiger partial charge in [0.25, 0.3) is 0 Å². The number of ether oxygens (including phenoxy) is 1. The van der Waals surface area contributed by atoms with Crippen LogP contribution in [0.1, 0.15) is 16.2 Å². The van der Waals surface area contributed by atoms with Crippen molar-refractivity contribution in [1.82, 2.24) is 10.2 Å². The van der Waals surface area contributed by atoms with Crippen LogP contribution in [0.3, 0.4) is 0 Å². The van der Waals surface area contributed by atoms with Crippen LogP contribution in [-0.4, -0.2) is 28.4 Å². The molecule has 2 N–H and O–H groups in total. The Balaban J connectivity index is 2.62. The fraction of sp³-hybridized carbons (Fsp3) is 0.167. The van der Waals surface area contributed by atoms with E-state index in [-0.39, 0.29) is 5.69 Å². The first-order valence-corrected chi connectivity index (χ1v) is 5.54. The molecule has 1 heterocycles. The maximum atomic E-state index is 11.1. The van der Waals surface area contributed by atoms with Crippen molar-refractivity contribution in [3.05, 3.63) is 34.6 Å². The third-order valence-electron chi connectivity index (χ3n) is 2.60. The van der Waals surface area contributed by atoms with E-state index in [9.17, 15) is 4.79 Å². The minimum absolute atomic E-state index is 0.0421. The van der Waals surface area contributed by atoms with Crippen molar-refractivity contribution >= 4 is 17.6 Å². The second-order valence-electron chi connectivity index (χ2n) is 3.72. The molecule has 0 fully saturated rings. The molecule has 0 atom stereocenters. The Morgan fingerprint density at radius 3 is 2.78 bits per heavy atom. The van der Waals surface area contributed by atoms with Crippen molar-refractivity contribution in [1.29, 1.82) is 0 Å². The minimum Gasteiger partial charge on any atom is -0.497 e. The molecular weight excluding hydrogens is 256 g/mol. The molecule has 0 unspecified atom stereocenters. The van der Waals surface area contributed by atoms with Crippen molar-refractivity contribution in [2.24, 2.45) is 0 Å². The van der Waals surface area contributed by atoms with Crippen molar-refractivity contribution < 1.29 is 14.6 Å². The van der Waals surface area contributed by atoms with Gasteiger partial charge in [0.05, 0.1) is 12.1 Å². The second kappa shape index (κ2) is 4.70. The number of benzene rings is 1. The Hall–Kier alpha value is -2.01. The number of halogens is 1. The van der Waals surface area contributed by atoms with Crippen molar-refractivity contribution in [2.45, 2.75) is 6.92 Å². The SMILES string of the molecule is COc1ccc(-c2c(C(=O)O)n[nH]c2C)c(Cl)c1. The first kappa shape index (κ1) is 12.4. The molecule has 94 valence electrons. The molecule has 1 aromatic carbocycles. The summed E-state index contributed by atoms with van der Waals surface area (Å²) in [6.07, 6.45) is 0. The Labute approximate surface area is 108 Å². The lowest BCUT2D eigenvalue weighted by molar-refractivity contribution is 0.0691. The van der Waals surface area contributed by atoms with E-state index < -0.39 is 5.97 Å². The highest BCUT2D eigenvalue weighted by Crippen LogP contribution is 2.34. The second-order valence-corrected chi connectivity index (χ2v) is 4.13. The van der Waals surface area contributed by atoms with E-state index in [1.807, 2.05) is 0 Å². The lowest BCUT2D eigenvalue weighted by atomic mass is 10.0. The Kier molecular flexibility index (Phi) is 3.25. The van der Waals surface area contributed by atoms with Gasteiger partial charge in [-0.05, 0) is 25.1 Å². The number of nitrogens with one attached hydrogen (secondary N) is 1. The number of methoxy groups -OCH3 is 1. The van der Waals surface area contributed by atoms with Gasteiger partial charge in [0.1, 0.15) is 5.75 Å². The number of carboxylic acids is 1. The van der Waals surface area contributed by atoms with Crippen LogP contribution in [0.2, 0.25) is 5.02 Å². The molecular formula is C12H11ClN2O3. The van der Waals surface area contributed by atoms with Gasteiger partial charge in [0.15, 0.2) is 5.69 Å². The number of aromatic nitrogens is 2. The van der Waals surface area contributed by atoms with Gasteiger partial charge in [-0.15, -0.1) is 0 Å². The molecule has 0 aliphatic carbocycles. The summed E-state index contributed by atoms with van der Waals surface area (Å²) < 4.78 is 5.05. The molecule has 0 saturated heterocycles. The number of hydrogen-bond donors (Lipinski definition) is 2. The summed E-state index contributed by atoms with van der Waals surface area (Å²) in [5.74, 6) is -0.483. The quantitative estimate of drug-likeness (QED) is 0.896. The third kappa shape index (κ3) is 2.04. The van der Waals surface area contributed by atoms with Gasteiger partial charge >= 0.3 is 5.97 Å². The van der Waals surface area contributed by atoms with Crippen LogP contribution in [0, 0.1) is 6.92 Å². The van der Waals surface area contributed by atoms with Gasteiger partial charge in [-0.3, -0.25) is 5.10 Å². The van der Waals surface area contributed by atoms with E-state index in [1.54, 1.807) is 25.1 Å². The maximum Gasteiger partial charge on any atom is 0.357 e. The average Bonchev–Trinajstić information content (AvgIpc) is 2.71. The van der Waals surface area contributed by atoms with E-state index in [0.717, 1.165) is 0 Å². The maximum absolute atomic E-state index is 11.1. The van der Waals surface area contributed by atoms with E-state index in [4.69, 9.17) is 21.4 Å². The highest BCUT2D eigenvalue weighted by molar-refractivity contribution is 6.33. The molecule has 2 aromatic rings. The van der Waals surface area contributed by atoms with Crippen molar-refractivity contribution in [3.63, 3.8) is 0 Å². The van der Waals surface area contributed by atoms with Gasteiger partial charge in [0, 0.05) is 16.8 Å². The van der Waals surface area contributed by atoms with Crippen LogP contribution < -0.4 is 4.74 Å². The highest BCUT2D eigenvalue weighted by Gasteiger charge is 2.20. The van der Waals surface area contributed by atoms with Crippen LogP contribution in [0.15, 0.2) is 18.2 Å². The zero-order valence-electron chi connectivity index (χ0n) is 9.82. The number of hydrogen-bond acceptors (Lipinski definition) is 3. The minimum atomic E-state index is -1.10. The van der Waals surface area contributed by atoms with Crippen molar-refractivity contribution in [2.75, 3.05) is 7.11 Å². The summed E-state index contributed by atoms with van der Waals surface area (Å²) in [5, 5.41) is 15.9. The lowest BCUT2D eigenvalue weighted by Crippen LogP contribution is -1.99. The number of rotatable bonds is 3. The van der Waals surface area contributed by atoms with Crippen LogP contribution in [-0.2, 0) is 0 Å². The number of carbonyl (C=O) groups is 1. The normalized spacial score (nSPS) is 10.4. The predicted molar refractivity (Wildman–Crippen MR) is 67.3 cm³/mol. The van der Waals surface area contributed by atoms with E-state index in [0.29, 0.717) is 27.6 Å². The molecule has 0 radical (unpaired) electrons. The molecule has 5 nitrogen and oxygen atoms in total. The molecule has 0 spiro atoms. The molecule has 0 aliphatic heterocycles. The molecule has 18 heavy (non-hydrogen) atoms. The monoisotopic (exact) mass is 266 g/mol. The van der Waals surface area contributed by atoms with E-state index >= 15 is 0 Å². The summed E-state index contributed by atoms with van der Waals surface area (Å²) in [5.41, 5.74) is 1.72. The molecule has 1 aromatic heterocycles. The number of carboxylic acid groups (broad SMARTS) is 1. The zero-order chi connectivity index (χ0) is 13.3. The van der Waals surface area contributed by atoms with Crippen LogP contribution in [0.5, 0.6) is 5.75 Å². The standard InChI is InChI=1S/C12H11ClN2O3/c1-6-10(11(12(16)17)15-14-6)8-4-3-7(18-2)5-9(8)13/h3-5H,1-2H3,(H,14,15)(H,16,17). The molecule has 0 amide bonds. The summed E-state index contributed by atoms with van der Waals surface area (Å²) in [6, 6.07) is 5.07. The average molecular weight is 267 g/mol. The van der Waals surface area contributed by atoms with Crippen LogP contribution in [0.25, 0.3) is 11.1 Å². The van der Waals surface area contributed by atoms with Gasteiger partial charge in [-0.2, -0.15) is 5.10 Å². The molecule has 0 aliphatic rings. The Morgan fingerprint density at radius 2 is 2.22 bits per heavy atom. The summed E-state index contributed by atoms with van der Waals surface area (Å²) in [6.45, 7) is 1.75. The Morgan fingerprint density at radius 1 is 1.50 bits per heavy atom. The van der Waals surface area contributed by atoms with Crippen LogP contribution in [0.4, 0.5) is 0 Å². The number of H-pyrrole nitrogens is 1. The molecule has 0 bridgehead atoms. The predicted octanol–water partition coefficient (Wildman–Crippen LogP) is 2.75. The summed E-state index contributed by atoms with van der Waals surface area (Å²) in [7, 11) is 1.54. The highest BCUT2D eigenvalue weighted by atomic mass is 35.5. The molecule has 2 rings (SSSR count). The smallest absolute Gasteiger partial charge is 0.357 e. The zero-order valence-corrected chi connectivity index (χ0v) is 10.6. The van der Waals surface area contributed by atoms with E-state index in [2.05, 4.69) is 10.2 Å². The summed E-state index contributed by atoms with van der Waals surface area (Å²) >= 11 is 6.13. The van der Waals surface area contributed by atoms with Crippen molar-refractivity contribution in [3.8, 4) is 16.9 Å². The molecule has 0 saturated carbocycles. The van der Waals surface area contributed by atoms with Crippen LogP contribution >= 0.6 is 11.6 Å². The third-order valence-corrected chi connectivity index (χ3v) is 2.91. The molecule has 6 heteroatoms. The fourth-order valence-corrected chi connectivity index (χ4v) is 2.00. The van der Waals surface area contributed by atoms with Gasteiger partial charge in [-0.1, -0.05) is 11.6 Å². The largest absolute Gasteiger partial charge is 0.497 e. The topological polar surface area (TPSA) is 75.2 Å². The van der Waals surface area contributed by atoms with Gasteiger partial charge in [-0.25, -0.2) is 4.79 Å². The van der Waals surface area contributed by atoms with E-state index in [1.165, 1.54) is 7.11 Å². The van der Waals surface area contributed by atoms with Gasteiger partial charge in [0.2, 0.25) is 0 Å². The van der Waals surface area contributed by atoms with Gasteiger partial charge < -0.3 is 9.84 Å². The lowest BCUT2D eigenvalue weighted by Gasteiger charge is -2.07. The Bertz CT molecular complexity index is 607. The number of aromatic amines is 1. The first-order chi connectivity index (χ1) is 8.54. The number of nitrogens with zero attached hydrogens (tertiary/aromatic N) is 1. The number of aryl methyl sites for hydroxylation is 1.